The van der Waals surface area contributed by atoms with Crippen molar-refractivity contribution in [3.05, 3.63) is 125 Å². The van der Waals surface area contributed by atoms with Gasteiger partial charge < -0.3 is 28.8 Å². The summed E-state index contributed by atoms with van der Waals surface area (Å²) in [7, 11) is 0. The van der Waals surface area contributed by atoms with Crippen molar-refractivity contribution in [1.82, 2.24) is 10.9 Å². The van der Waals surface area contributed by atoms with E-state index in [9.17, 15) is 9.59 Å². The fourth-order valence-corrected chi connectivity index (χ4v) is 5.81. The lowest BCUT2D eigenvalue weighted by atomic mass is 9.88. The van der Waals surface area contributed by atoms with Gasteiger partial charge in [0.05, 0.1) is 6.61 Å². The van der Waals surface area contributed by atoms with Gasteiger partial charge in [-0.1, -0.05) is 66.7 Å². The summed E-state index contributed by atoms with van der Waals surface area (Å²) in [5, 5.41) is 9.03. The molecule has 1 aliphatic heterocycles. The van der Waals surface area contributed by atoms with Gasteiger partial charge in [0, 0.05) is 31.6 Å². The number of ether oxygens (including phenoxy) is 5. The van der Waals surface area contributed by atoms with Crippen molar-refractivity contribution >= 4 is 17.8 Å². The Bertz CT molecular complexity index is 1830. The van der Waals surface area contributed by atoms with Crippen LogP contribution in [0.25, 0.3) is 0 Å². The molecule has 11 heteroatoms. The second-order valence-electron chi connectivity index (χ2n) is 14.1. The van der Waals surface area contributed by atoms with Crippen LogP contribution in [-0.4, -0.2) is 59.9 Å². The van der Waals surface area contributed by atoms with Gasteiger partial charge in [-0.3, -0.25) is 15.0 Å². The van der Waals surface area contributed by atoms with Crippen LogP contribution < -0.4 is 25.1 Å². The van der Waals surface area contributed by atoms with Gasteiger partial charge in [0.1, 0.15) is 30.7 Å². The van der Waals surface area contributed by atoms with Gasteiger partial charge >= 0.3 is 5.97 Å². The number of hydrogen-bond donors (Lipinski definition) is 3. The van der Waals surface area contributed by atoms with E-state index in [0.29, 0.717) is 67.9 Å². The summed E-state index contributed by atoms with van der Waals surface area (Å²) in [4.78, 5) is 31.6. The molecular formula is C43H51N3O8. The first-order valence-electron chi connectivity index (χ1n) is 18.4. The van der Waals surface area contributed by atoms with Crippen LogP contribution in [0.2, 0.25) is 0 Å². The number of nitrogens with zero attached hydrogens (tertiary/aromatic N) is 1. The Morgan fingerprint density at radius 1 is 0.833 bits per heavy atom. The summed E-state index contributed by atoms with van der Waals surface area (Å²) in [6, 6.07) is 32.9. The first-order chi connectivity index (χ1) is 26.0. The van der Waals surface area contributed by atoms with E-state index in [1.54, 1.807) is 52.0 Å². The second-order valence-corrected chi connectivity index (χ2v) is 14.1. The Kier molecular flexibility index (Phi) is 14.1. The molecule has 0 aliphatic carbocycles. The number of carbonyl (C=O) groups excluding carboxylic acids is 2. The largest absolute Gasteiger partial charge is 0.494 e. The Balaban J connectivity index is 1.25. The molecule has 54 heavy (non-hydrogen) atoms. The van der Waals surface area contributed by atoms with Crippen LogP contribution in [0.4, 0.5) is 0 Å². The number of aliphatic hydroxyl groups is 1. The number of esters is 1. The van der Waals surface area contributed by atoms with Crippen molar-refractivity contribution in [2.75, 3.05) is 19.8 Å². The Hall–Kier alpha value is -5.39. The highest BCUT2D eigenvalue weighted by Crippen LogP contribution is 2.34. The SMILES string of the molecule is C[C@@H]1OC(c2ccc(OCCCO)cc2)=N[C@]1(CCC(=O)OC(C)(C)C)C(=O)NNCCc1ccc(OCc2ccccc2)c(OCc2ccccc2)c1. The number of aliphatic imine (C=N–C) groups is 1. The minimum Gasteiger partial charge on any atom is -0.494 e. The van der Waals surface area contributed by atoms with Gasteiger partial charge in [-0.15, -0.1) is 0 Å². The number of hydrazine groups is 1. The molecule has 0 saturated carbocycles. The third-order valence-electron chi connectivity index (χ3n) is 8.68. The van der Waals surface area contributed by atoms with Crippen LogP contribution in [-0.2, 0) is 38.7 Å². The van der Waals surface area contributed by atoms with Crippen molar-refractivity contribution in [2.45, 2.75) is 83.8 Å². The third-order valence-corrected chi connectivity index (χ3v) is 8.68. The molecule has 0 spiro atoms. The highest BCUT2D eigenvalue weighted by molar-refractivity contribution is 6.00. The summed E-state index contributed by atoms with van der Waals surface area (Å²) < 4.78 is 29.8. The standard InChI is InChI=1S/C43H51N3O8/c1-31-43(24-22-39(48)54-42(2,3)4,45-40(53-31)35-17-19-36(20-18-35)50-27-11-26-47)41(49)46-44-25-23-32-16-21-37(51-29-33-12-7-5-8-13-33)38(28-32)52-30-34-14-9-6-10-15-34/h5-10,12-21,28,31,44,47H,11,22-27,29-30H2,1-4H3,(H,46,49)/t31-,43-/m0/s1. The number of aliphatic hydroxyl groups excluding tert-OH is 1. The first-order valence-corrected chi connectivity index (χ1v) is 18.4. The molecular weight excluding hydrogens is 686 g/mol. The minimum atomic E-state index is -1.40. The molecule has 0 radical (unpaired) electrons. The molecule has 5 rings (SSSR count). The summed E-state index contributed by atoms with van der Waals surface area (Å²) in [6.07, 6.45) is 0.467. The number of rotatable bonds is 19. The molecule has 3 N–H and O–H groups in total. The second kappa shape index (κ2) is 19.1. The minimum absolute atomic E-state index is 0.0305. The van der Waals surface area contributed by atoms with Gasteiger partial charge in [0.25, 0.3) is 5.91 Å². The van der Waals surface area contributed by atoms with Crippen LogP contribution in [0.5, 0.6) is 17.2 Å². The average Bonchev–Trinajstić information content (AvgIpc) is 3.51. The summed E-state index contributed by atoms with van der Waals surface area (Å²) >= 11 is 0. The predicted octanol–water partition coefficient (Wildman–Crippen LogP) is 6.50. The fourth-order valence-electron chi connectivity index (χ4n) is 5.81. The highest BCUT2D eigenvalue weighted by atomic mass is 16.6. The highest BCUT2D eigenvalue weighted by Gasteiger charge is 2.50. The Morgan fingerprint density at radius 3 is 2.11 bits per heavy atom. The van der Waals surface area contributed by atoms with Gasteiger partial charge in [-0.2, -0.15) is 0 Å². The van der Waals surface area contributed by atoms with E-state index in [-0.39, 0.29) is 19.4 Å². The van der Waals surface area contributed by atoms with Crippen molar-refractivity contribution in [1.29, 1.82) is 0 Å². The maximum atomic E-state index is 14.0. The lowest BCUT2D eigenvalue weighted by Crippen LogP contribution is -2.55. The third kappa shape index (κ3) is 11.6. The summed E-state index contributed by atoms with van der Waals surface area (Å²) in [5.41, 5.74) is 7.57. The monoisotopic (exact) mass is 737 g/mol. The van der Waals surface area contributed by atoms with E-state index < -0.39 is 29.1 Å². The molecule has 11 nitrogen and oxygen atoms in total. The molecule has 0 bridgehead atoms. The van der Waals surface area contributed by atoms with E-state index in [1.807, 2.05) is 78.9 Å². The van der Waals surface area contributed by atoms with E-state index in [4.69, 9.17) is 33.8 Å². The number of amides is 1. The molecule has 1 heterocycles. The average molecular weight is 738 g/mol. The predicted molar refractivity (Wildman–Crippen MR) is 206 cm³/mol. The van der Waals surface area contributed by atoms with Crippen LogP contribution in [0.1, 0.15) is 69.2 Å². The van der Waals surface area contributed by atoms with Crippen LogP contribution in [0.3, 0.4) is 0 Å². The summed E-state index contributed by atoms with van der Waals surface area (Å²) in [5.74, 6) is 1.35. The van der Waals surface area contributed by atoms with Crippen LogP contribution in [0.15, 0.2) is 108 Å². The Labute approximate surface area is 317 Å². The number of hydrogen-bond acceptors (Lipinski definition) is 10. The van der Waals surface area contributed by atoms with Crippen LogP contribution in [0, 0.1) is 0 Å². The zero-order valence-electron chi connectivity index (χ0n) is 31.5. The summed E-state index contributed by atoms with van der Waals surface area (Å²) in [6.45, 7) is 8.81. The zero-order valence-corrected chi connectivity index (χ0v) is 31.5. The number of benzene rings is 4. The molecule has 4 aromatic carbocycles. The molecule has 1 amide bonds. The topological polar surface area (TPSA) is 137 Å². The number of nitrogens with one attached hydrogen (secondary N) is 2. The van der Waals surface area contributed by atoms with Gasteiger partial charge in [-0.05, 0) is 93.6 Å². The molecule has 2 atom stereocenters. The normalized spacial score (nSPS) is 16.5. The molecule has 0 aromatic heterocycles. The molecule has 0 saturated heterocycles. The van der Waals surface area contributed by atoms with Crippen molar-refractivity contribution < 1.29 is 38.4 Å². The lowest BCUT2D eigenvalue weighted by Gasteiger charge is -2.28. The van der Waals surface area contributed by atoms with Crippen molar-refractivity contribution in [3.8, 4) is 17.2 Å². The molecule has 0 unspecified atom stereocenters. The first kappa shape index (κ1) is 39.8. The smallest absolute Gasteiger partial charge is 0.306 e. The molecule has 4 aromatic rings. The molecule has 1 aliphatic rings. The van der Waals surface area contributed by atoms with Crippen LogP contribution >= 0.6 is 0 Å². The van der Waals surface area contributed by atoms with Gasteiger partial charge in [0.2, 0.25) is 5.90 Å². The number of carbonyl (C=O) groups is 2. The molecule has 0 fully saturated rings. The maximum Gasteiger partial charge on any atom is 0.306 e. The lowest BCUT2D eigenvalue weighted by molar-refractivity contribution is -0.155. The van der Waals surface area contributed by atoms with E-state index in [1.165, 1.54) is 0 Å². The van der Waals surface area contributed by atoms with E-state index in [2.05, 4.69) is 10.9 Å². The Morgan fingerprint density at radius 2 is 1.48 bits per heavy atom. The van der Waals surface area contributed by atoms with E-state index in [0.717, 1.165) is 16.7 Å². The van der Waals surface area contributed by atoms with Gasteiger partial charge in [0.15, 0.2) is 17.0 Å². The zero-order chi connectivity index (χ0) is 38.4. The van der Waals surface area contributed by atoms with E-state index >= 15 is 0 Å². The van der Waals surface area contributed by atoms with Crippen molar-refractivity contribution in [2.24, 2.45) is 4.99 Å². The maximum absolute atomic E-state index is 14.0. The fraction of sp³-hybridized carbons (Fsp3) is 0.372. The van der Waals surface area contributed by atoms with Gasteiger partial charge in [-0.25, -0.2) is 10.4 Å². The molecule has 286 valence electrons. The quantitative estimate of drug-likeness (QED) is 0.0560. The van der Waals surface area contributed by atoms with Crippen molar-refractivity contribution in [3.63, 3.8) is 0 Å².